The highest BCUT2D eigenvalue weighted by atomic mass is 19.4. The van der Waals surface area contributed by atoms with Gasteiger partial charge < -0.3 is 16.0 Å². The van der Waals surface area contributed by atoms with Crippen molar-refractivity contribution in [3.63, 3.8) is 0 Å². The molecule has 0 aliphatic rings. The van der Waals surface area contributed by atoms with E-state index in [1.54, 1.807) is 5.32 Å². The van der Waals surface area contributed by atoms with Crippen LogP contribution in [-0.4, -0.2) is 18.5 Å². The van der Waals surface area contributed by atoms with Gasteiger partial charge in [0.05, 0.1) is 23.4 Å². The SMILES string of the molecule is O=C(CNC(=O)Nc1cc(C(F)(F)F)cc(C(F)(F)F)c1)Nc1ccccc1F. The van der Waals surface area contributed by atoms with Crippen molar-refractivity contribution in [1.82, 2.24) is 5.32 Å². The topological polar surface area (TPSA) is 70.2 Å². The second kappa shape index (κ2) is 8.37. The van der Waals surface area contributed by atoms with E-state index in [0.29, 0.717) is 12.1 Å². The highest BCUT2D eigenvalue weighted by molar-refractivity contribution is 5.97. The largest absolute Gasteiger partial charge is 0.416 e. The lowest BCUT2D eigenvalue weighted by atomic mass is 10.1. The minimum Gasteiger partial charge on any atom is -0.329 e. The number of benzene rings is 2. The molecule has 0 aromatic heterocycles. The predicted octanol–water partition coefficient (Wildman–Crippen LogP) is 4.62. The molecule has 0 unspecified atom stereocenters. The second-order valence-electron chi connectivity index (χ2n) is 5.63. The van der Waals surface area contributed by atoms with Crippen LogP contribution < -0.4 is 16.0 Å². The lowest BCUT2D eigenvalue weighted by molar-refractivity contribution is -0.143. The van der Waals surface area contributed by atoms with E-state index in [9.17, 15) is 40.3 Å². The minimum absolute atomic E-state index is 0.0923. The number of nitrogens with one attached hydrogen (secondary N) is 3. The number of hydrogen-bond acceptors (Lipinski definition) is 2. The van der Waals surface area contributed by atoms with Crippen molar-refractivity contribution < 1.29 is 40.3 Å². The number of amides is 3. The van der Waals surface area contributed by atoms with E-state index >= 15 is 0 Å². The first-order valence-corrected chi connectivity index (χ1v) is 7.75. The number of halogens is 7. The summed E-state index contributed by atoms with van der Waals surface area (Å²) in [7, 11) is 0. The van der Waals surface area contributed by atoms with Gasteiger partial charge >= 0.3 is 18.4 Å². The van der Waals surface area contributed by atoms with Crippen molar-refractivity contribution in [2.24, 2.45) is 0 Å². The smallest absolute Gasteiger partial charge is 0.329 e. The van der Waals surface area contributed by atoms with Gasteiger partial charge in [-0.2, -0.15) is 26.3 Å². The highest BCUT2D eigenvalue weighted by Gasteiger charge is 2.37. The first kappa shape index (κ1) is 22.0. The molecule has 12 heteroatoms. The molecule has 0 saturated carbocycles. The van der Waals surface area contributed by atoms with Crippen molar-refractivity contribution in [1.29, 1.82) is 0 Å². The maximum Gasteiger partial charge on any atom is 0.416 e. The average Bonchev–Trinajstić information content (AvgIpc) is 2.60. The summed E-state index contributed by atoms with van der Waals surface area (Å²) >= 11 is 0. The Bertz CT molecular complexity index is 878. The summed E-state index contributed by atoms with van der Waals surface area (Å²) in [6.07, 6.45) is -10.2. The van der Waals surface area contributed by atoms with Crippen LogP contribution in [0.3, 0.4) is 0 Å². The minimum atomic E-state index is -5.08. The summed E-state index contributed by atoms with van der Waals surface area (Å²) in [5, 5.41) is 5.87. The van der Waals surface area contributed by atoms with Gasteiger partial charge in [-0.3, -0.25) is 4.79 Å². The molecular weight excluding hydrogens is 411 g/mol. The Morgan fingerprint density at radius 1 is 0.828 bits per heavy atom. The van der Waals surface area contributed by atoms with Gasteiger partial charge in [-0.05, 0) is 30.3 Å². The van der Waals surface area contributed by atoms with E-state index in [1.165, 1.54) is 18.2 Å². The Balaban J connectivity index is 2.04. The van der Waals surface area contributed by atoms with Crippen LogP contribution >= 0.6 is 0 Å². The van der Waals surface area contributed by atoms with Crippen LogP contribution in [0.2, 0.25) is 0 Å². The molecular formula is C17H12F7N3O2. The van der Waals surface area contributed by atoms with Crippen LogP contribution in [0.5, 0.6) is 0 Å². The molecule has 0 atom stereocenters. The number of rotatable bonds is 4. The summed E-state index contributed by atoms with van der Waals surface area (Å²) in [5.41, 5.74) is -4.17. The third kappa shape index (κ3) is 6.36. The predicted molar refractivity (Wildman–Crippen MR) is 88.5 cm³/mol. The van der Waals surface area contributed by atoms with Crippen molar-refractivity contribution >= 4 is 23.3 Å². The van der Waals surface area contributed by atoms with Crippen molar-refractivity contribution in [2.75, 3.05) is 17.2 Å². The van der Waals surface area contributed by atoms with E-state index < -0.39 is 53.5 Å². The molecule has 2 aromatic rings. The maximum atomic E-state index is 13.4. The quantitative estimate of drug-likeness (QED) is 0.628. The zero-order valence-electron chi connectivity index (χ0n) is 14.2. The lowest BCUT2D eigenvalue weighted by Crippen LogP contribution is -2.36. The van der Waals surface area contributed by atoms with E-state index in [0.717, 1.165) is 6.07 Å². The summed E-state index contributed by atoms with van der Waals surface area (Å²) in [5.74, 6) is -1.61. The number of para-hydroxylation sites is 1. The van der Waals surface area contributed by atoms with E-state index in [1.807, 2.05) is 5.32 Å². The van der Waals surface area contributed by atoms with Gasteiger partial charge in [0.25, 0.3) is 0 Å². The van der Waals surface area contributed by atoms with Crippen LogP contribution in [-0.2, 0) is 17.1 Å². The van der Waals surface area contributed by atoms with Crippen molar-refractivity contribution in [3.05, 3.63) is 59.4 Å². The molecule has 29 heavy (non-hydrogen) atoms. The monoisotopic (exact) mass is 423 g/mol. The maximum absolute atomic E-state index is 13.4. The molecule has 0 aliphatic carbocycles. The van der Waals surface area contributed by atoms with Crippen LogP contribution in [0.25, 0.3) is 0 Å². The molecule has 0 saturated heterocycles. The van der Waals surface area contributed by atoms with Gasteiger partial charge in [-0.25, -0.2) is 9.18 Å². The summed E-state index contributed by atoms with van der Waals surface area (Å²) in [6.45, 7) is -0.717. The molecule has 0 fully saturated rings. The molecule has 0 radical (unpaired) electrons. The third-order valence-corrected chi connectivity index (χ3v) is 3.40. The molecule has 2 rings (SSSR count). The Labute approximate surface area is 158 Å². The first-order valence-electron chi connectivity index (χ1n) is 7.75. The van der Waals surface area contributed by atoms with Crippen LogP contribution in [0, 0.1) is 5.82 Å². The standard InChI is InChI=1S/C17H12F7N3O2/c18-12-3-1-2-4-13(12)27-14(28)8-25-15(29)26-11-6-9(16(19,20)21)5-10(7-11)17(22,23)24/h1-7H,8H2,(H,27,28)(H2,25,26,29). The third-order valence-electron chi connectivity index (χ3n) is 3.40. The fourth-order valence-electron chi connectivity index (χ4n) is 2.12. The van der Waals surface area contributed by atoms with Gasteiger partial charge in [-0.1, -0.05) is 12.1 Å². The average molecular weight is 423 g/mol. The van der Waals surface area contributed by atoms with E-state index in [-0.39, 0.29) is 11.8 Å². The molecule has 3 N–H and O–H groups in total. The Morgan fingerprint density at radius 3 is 1.90 bits per heavy atom. The number of urea groups is 1. The van der Waals surface area contributed by atoms with Gasteiger partial charge in [-0.15, -0.1) is 0 Å². The fourth-order valence-corrected chi connectivity index (χ4v) is 2.12. The zero-order valence-corrected chi connectivity index (χ0v) is 14.2. The number of anilines is 2. The molecule has 2 aromatic carbocycles. The van der Waals surface area contributed by atoms with Crippen LogP contribution in [0.15, 0.2) is 42.5 Å². The number of carbonyl (C=O) groups is 2. The summed E-state index contributed by atoms with van der Waals surface area (Å²) in [6, 6.07) is 4.43. The molecule has 5 nitrogen and oxygen atoms in total. The Hall–Kier alpha value is -3.31. The molecule has 0 heterocycles. The van der Waals surface area contributed by atoms with E-state index in [4.69, 9.17) is 0 Å². The van der Waals surface area contributed by atoms with E-state index in [2.05, 4.69) is 5.32 Å². The first-order chi connectivity index (χ1) is 13.4. The van der Waals surface area contributed by atoms with Gasteiger partial charge in [0.15, 0.2) is 0 Å². The molecule has 0 aliphatic heterocycles. The van der Waals surface area contributed by atoms with Gasteiger partial charge in [0.2, 0.25) is 5.91 Å². The summed E-state index contributed by atoms with van der Waals surface area (Å²) < 4.78 is 90.1. The number of alkyl halides is 6. The molecule has 0 spiro atoms. The van der Waals surface area contributed by atoms with Crippen LogP contribution in [0.4, 0.5) is 46.9 Å². The van der Waals surface area contributed by atoms with Crippen molar-refractivity contribution in [3.8, 4) is 0 Å². The normalized spacial score (nSPS) is 11.7. The zero-order chi connectivity index (χ0) is 21.8. The highest BCUT2D eigenvalue weighted by Crippen LogP contribution is 2.37. The summed E-state index contributed by atoms with van der Waals surface area (Å²) in [4.78, 5) is 23.4. The Kier molecular flexibility index (Phi) is 6.34. The number of hydrogen-bond donors (Lipinski definition) is 3. The second-order valence-corrected chi connectivity index (χ2v) is 5.63. The van der Waals surface area contributed by atoms with Gasteiger partial charge in [0.1, 0.15) is 5.82 Å². The lowest BCUT2D eigenvalue weighted by Gasteiger charge is -2.15. The molecule has 156 valence electrons. The van der Waals surface area contributed by atoms with Crippen LogP contribution in [0.1, 0.15) is 11.1 Å². The Morgan fingerprint density at radius 2 is 1.38 bits per heavy atom. The number of carbonyl (C=O) groups excluding carboxylic acids is 2. The van der Waals surface area contributed by atoms with Gasteiger partial charge in [0, 0.05) is 5.69 Å². The molecule has 3 amide bonds. The fraction of sp³-hybridized carbons (Fsp3) is 0.176. The molecule has 0 bridgehead atoms. The van der Waals surface area contributed by atoms with Crippen molar-refractivity contribution in [2.45, 2.75) is 12.4 Å².